The molecule has 2 atom stereocenters. The lowest BCUT2D eigenvalue weighted by Crippen LogP contribution is -2.54. The number of nitrogens with zero attached hydrogens (tertiary/aromatic N) is 3. The molecule has 1 aliphatic heterocycles. The monoisotopic (exact) mass is 390 g/mol. The Morgan fingerprint density at radius 3 is 2.78 bits per heavy atom. The Hall–Kier alpha value is -1.70. The number of aromatic nitrogens is 1. The van der Waals surface area contributed by atoms with E-state index in [1.807, 2.05) is 17.5 Å². The molecule has 1 N–H and O–H groups in total. The van der Waals surface area contributed by atoms with E-state index in [1.165, 1.54) is 6.42 Å². The Morgan fingerprint density at radius 2 is 2.07 bits per heavy atom. The third-order valence-corrected chi connectivity index (χ3v) is 6.26. The highest BCUT2D eigenvalue weighted by atomic mass is 32.1. The van der Waals surface area contributed by atoms with Crippen molar-refractivity contribution < 1.29 is 9.32 Å². The van der Waals surface area contributed by atoms with Crippen LogP contribution in [-0.2, 0) is 0 Å². The van der Waals surface area contributed by atoms with Crippen LogP contribution in [0, 0.1) is 0 Å². The molecular formula is C20H30N4O2S. The summed E-state index contributed by atoms with van der Waals surface area (Å²) in [7, 11) is 2.22. The number of carbonyl (C=O) groups is 1. The Bertz CT molecular complexity index is 703. The van der Waals surface area contributed by atoms with Crippen LogP contribution < -0.4 is 5.32 Å². The van der Waals surface area contributed by atoms with Gasteiger partial charge in [0.25, 0.3) is 5.91 Å². The van der Waals surface area contributed by atoms with Crippen molar-refractivity contribution >= 4 is 17.2 Å². The molecule has 0 radical (unpaired) electrons. The summed E-state index contributed by atoms with van der Waals surface area (Å²) in [5.74, 6) is 0.481. The summed E-state index contributed by atoms with van der Waals surface area (Å²) in [5, 5.41) is 8.79. The van der Waals surface area contributed by atoms with Gasteiger partial charge in [-0.25, -0.2) is 0 Å². The summed E-state index contributed by atoms with van der Waals surface area (Å²) < 4.78 is 5.26. The molecule has 0 saturated carbocycles. The average Bonchev–Trinajstić information content (AvgIpc) is 3.33. The van der Waals surface area contributed by atoms with Crippen molar-refractivity contribution in [2.24, 2.45) is 0 Å². The first-order chi connectivity index (χ1) is 13.0. The molecule has 3 rings (SSSR count). The zero-order chi connectivity index (χ0) is 19.2. The summed E-state index contributed by atoms with van der Waals surface area (Å²) in [6, 6.07) is 6.85. The van der Waals surface area contributed by atoms with Gasteiger partial charge < -0.3 is 14.7 Å². The lowest BCUT2D eigenvalue weighted by atomic mass is 10.1. The quantitative estimate of drug-likeness (QED) is 0.701. The molecule has 1 aliphatic rings. The normalized spacial score (nSPS) is 21.4. The largest absolute Gasteiger partial charge is 0.355 e. The summed E-state index contributed by atoms with van der Waals surface area (Å²) in [5.41, 5.74) is 0.346. The van der Waals surface area contributed by atoms with Gasteiger partial charge in [-0.05, 0) is 51.7 Å². The molecule has 148 valence electrons. The maximum Gasteiger partial charge on any atom is 0.273 e. The van der Waals surface area contributed by atoms with Gasteiger partial charge in [-0.15, -0.1) is 11.3 Å². The molecule has 6 nitrogen and oxygen atoms in total. The molecule has 7 heteroatoms. The van der Waals surface area contributed by atoms with E-state index in [1.54, 1.807) is 17.4 Å². The summed E-state index contributed by atoms with van der Waals surface area (Å²) in [6.07, 6.45) is 3.28. The van der Waals surface area contributed by atoms with E-state index in [0.29, 0.717) is 30.1 Å². The van der Waals surface area contributed by atoms with E-state index in [-0.39, 0.29) is 5.91 Å². The first-order valence-corrected chi connectivity index (χ1v) is 10.7. The first-order valence-electron chi connectivity index (χ1n) is 9.77. The summed E-state index contributed by atoms with van der Waals surface area (Å²) in [4.78, 5) is 18.2. The molecule has 2 aromatic heterocycles. The van der Waals surface area contributed by atoms with Crippen molar-refractivity contribution in [3.05, 3.63) is 29.3 Å². The third-order valence-electron chi connectivity index (χ3n) is 5.38. The fraction of sp³-hybridized carbons (Fsp3) is 0.600. The number of hydrogen-bond acceptors (Lipinski definition) is 6. The average molecular weight is 391 g/mol. The molecule has 0 aromatic carbocycles. The number of carbonyl (C=O) groups excluding carboxylic acids is 1. The van der Waals surface area contributed by atoms with Gasteiger partial charge >= 0.3 is 0 Å². The lowest BCUT2D eigenvalue weighted by molar-refractivity contribution is 0.0591. The maximum absolute atomic E-state index is 12.2. The Labute approximate surface area is 165 Å². The number of rotatable bonds is 8. The van der Waals surface area contributed by atoms with E-state index in [2.05, 4.69) is 41.2 Å². The smallest absolute Gasteiger partial charge is 0.273 e. The molecule has 27 heavy (non-hydrogen) atoms. The fourth-order valence-corrected chi connectivity index (χ4v) is 4.22. The van der Waals surface area contributed by atoms with Gasteiger partial charge in [0, 0.05) is 37.8 Å². The highest BCUT2D eigenvalue weighted by molar-refractivity contribution is 7.13. The van der Waals surface area contributed by atoms with Crippen LogP contribution in [-0.4, -0.2) is 66.2 Å². The number of unbranched alkanes of at least 4 members (excludes halogenated alkanes) is 2. The molecule has 0 spiro atoms. The molecule has 0 aliphatic carbocycles. The van der Waals surface area contributed by atoms with Gasteiger partial charge in [0.05, 0.1) is 4.88 Å². The van der Waals surface area contributed by atoms with Crippen LogP contribution in [0.25, 0.3) is 10.6 Å². The van der Waals surface area contributed by atoms with E-state index >= 15 is 0 Å². The number of thiophene rings is 1. The van der Waals surface area contributed by atoms with Gasteiger partial charge in [0.15, 0.2) is 11.5 Å². The summed E-state index contributed by atoms with van der Waals surface area (Å²) >= 11 is 1.57. The van der Waals surface area contributed by atoms with Crippen molar-refractivity contribution in [1.82, 2.24) is 20.3 Å². The number of likely N-dealkylation sites (N-methyl/N-ethyl adjacent to an activating group) is 1. The van der Waals surface area contributed by atoms with E-state index in [0.717, 1.165) is 37.4 Å². The van der Waals surface area contributed by atoms with Crippen LogP contribution >= 0.6 is 11.3 Å². The zero-order valence-electron chi connectivity index (χ0n) is 16.5. The van der Waals surface area contributed by atoms with Crippen LogP contribution in [0.2, 0.25) is 0 Å². The highest BCUT2D eigenvalue weighted by Gasteiger charge is 2.25. The maximum atomic E-state index is 12.2. The molecular weight excluding hydrogens is 360 g/mol. The number of hydrogen-bond donors (Lipinski definition) is 1. The van der Waals surface area contributed by atoms with Gasteiger partial charge in [-0.1, -0.05) is 17.6 Å². The molecule has 1 saturated heterocycles. The predicted molar refractivity (Wildman–Crippen MR) is 109 cm³/mol. The predicted octanol–water partition coefficient (Wildman–Crippen LogP) is 3.33. The number of amides is 1. The van der Waals surface area contributed by atoms with Crippen molar-refractivity contribution in [3.63, 3.8) is 0 Å². The minimum Gasteiger partial charge on any atom is -0.355 e. The van der Waals surface area contributed by atoms with Gasteiger partial charge in [-0.3, -0.25) is 9.69 Å². The van der Waals surface area contributed by atoms with Gasteiger partial charge in [0.2, 0.25) is 0 Å². The van der Waals surface area contributed by atoms with Gasteiger partial charge in [0.1, 0.15) is 0 Å². The molecule has 1 amide bonds. The fourth-order valence-electron chi connectivity index (χ4n) is 3.54. The molecule has 2 unspecified atom stereocenters. The van der Waals surface area contributed by atoms with Crippen molar-refractivity contribution in [2.45, 2.75) is 45.2 Å². The Kier molecular flexibility index (Phi) is 7.04. The lowest BCUT2D eigenvalue weighted by Gasteiger charge is -2.42. The minimum absolute atomic E-state index is 0.164. The van der Waals surface area contributed by atoms with Crippen molar-refractivity contribution in [3.8, 4) is 10.6 Å². The second kappa shape index (κ2) is 9.48. The number of nitrogens with one attached hydrogen (secondary N) is 1. The Morgan fingerprint density at radius 1 is 1.30 bits per heavy atom. The number of piperazine rings is 1. The minimum atomic E-state index is -0.164. The van der Waals surface area contributed by atoms with Crippen molar-refractivity contribution in [2.75, 3.05) is 33.2 Å². The Balaban J connectivity index is 1.31. The van der Waals surface area contributed by atoms with Crippen LogP contribution in [0.5, 0.6) is 0 Å². The second-order valence-corrected chi connectivity index (χ2v) is 8.44. The standard InChI is InChI=1S/C20H30N4O2S/c1-15-13-24(14-16(2)23(15)3)10-6-4-5-9-21-20(25)17-12-18(26-22-17)19-8-7-11-27-19/h7-8,11-12,15-16H,4-6,9-10,13-14H2,1-3H3,(H,21,25). The molecule has 2 aromatic rings. The van der Waals surface area contributed by atoms with Gasteiger partial charge in [-0.2, -0.15) is 0 Å². The third kappa shape index (κ3) is 5.40. The van der Waals surface area contributed by atoms with Crippen LogP contribution in [0.1, 0.15) is 43.6 Å². The zero-order valence-corrected chi connectivity index (χ0v) is 17.3. The van der Waals surface area contributed by atoms with Crippen LogP contribution in [0.3, 0.4) is 0 Å². The highest BCUT2D eigenvalue weighted by Crippen LogP contribution is 2.25. The van der Waals surface area contributed by atoms with E-state index in [4.69, 9.17) is 4.52 Å². The first kappa shape index (κ1) is 20.0. The topological polar surface area (TPSA) is 61.6 Å². The van der Waals surface area contributed by atoms with Crippen LogP contribution in [0.4, 0.5) is 0 Å². The van der Waals surface area contributed by atoms with Crippen LogP contribution in [0.15, 0.2) is 28.1 Å². The molecule has 0 bridgehead atoms. The molecule has 1 fully saturated rings. The summed E-state index contributed by atoms with van der Waals surface area (Å²) in [6.45, 7) is 8.71. The van der Waals surface area contributed by atoms with E-state index in [9.17, 15) is 4.79 Å². The van der Waals surface area contributed by atoms with Crippen molar-refractivity contribution in [1.29, 1.82) is 0 Å². The SMILES string of the molecule is CC1CN(CCCCCNC(=O)c2cc(-c3cccs3)on2)CC(C)N1C. The van der Waals surface area contributed by atoms with E-state index < -0.39 is 0 Å². The second-order valence-electron chi connectivity index (χ2n) is 7.49. The molecule has 3 heterocycles.